The molecule has 2 unspecified atom stereocenters. The van der Waals surface area contributed by atoms with Gasteiger partial charge in [0.15, 0.2) is 0 Å². The van der Waals surface area contributed by atoms with Crippen LogP contribution in [-0.4, -0.2) is 13.1 Å². The highest BCUT2D eigenvalue weighted by Gasteiger charge is 2.15. The predicted octanol–water partition coefficient (Wildman–Crippen LogP) is 3.72. The minimum Gasteiger partial charge on any atom is -0.371 e. The Morgan fingerprint density at radius 3 is 2.44 bits per heavy atom. The number of rotatable bonds is 6. The fraction of sp³-hybridized carbons (Fsp3) is 0.600. The van der Waals surface area contributed by atoms with E-state index in [9.17, 15) is 4.39 Å². The van der Waals surface area contributed by atoms with Gasteiger partial charge in [-0.1, -0.05) is 20.3 Å². The van der Waals surface area contributed by atoms with Gasteiger partial charge in [-0.3, -0.25) is 0 Å². The van der Waals surface area contributed by atoms with Crippen LogP contribution in [0.5, 0.6) is 0 Å². The normalized spacial score (nSPS) is 14.3. The molecule has 0 radical (unpaired) electrons. The molecule has 0 aliphatic rings. The van der Waals surface area contributed by atoms with Crippen LogP contribution in [0.2, 0.25) is 0 Å². The molecule has 0 spiro atoms. The molecule has 1 rings (SSSR count). The first-order chi connectivity index (χ1) is 8.49. The Balaban J connectivity index is 3.04. The van der Waals surface area contributed by atoms with Crippen LogP contribution < -0.4 is 10.6 Å². The lowest BCUT2D eigenvalue weighted by atomic mass is 10.0. The van der Waals surface area contributed by atoms with E-state index in [1.165, 1.54) is 6.07 Å². The second-order valence-electron chi connectivity index (χ2n) is 5.04. The van der Waals surface area contributed by atoms with E-state index in [2.05, 4.69) is 25.7 Å². The maximum Gasteiger partial charge on any atom is 0.123 e. The Labute approximate surface area is 110 Å². The van der Waals surface area contributed by atoms with Crippen molar-refractivity contribution in [2.24, 2.45) is 11.7 Å². The summed E-state index contributed by atoms with van der Waals surface area (Å²) < 4.78 is 13.3. The zero-order valence-electron chi connectivity index (χ0n) is 11.9. The number of nitrogens with zero attached hydrogens (tertiary/aromatic N) is 1. The summed E-state index contributed by atoms with van der Waals surface area (Å²) in [7, 11) is 0. The van der Waals surface area contributed by atoms with Crippen molar-refractivity contribution in [3.05, 3.63) is 29.6 Å². The van der Waals surface area contributed by atoms with E-state index in [4.69, 9.17) is 5.73 Å². The topological polar surface area (TPSA) is 29.3 Å². The van der Waals surface area contributed by atoms with Crippen LogP contribution in [-0.2, 0) is 0 Å². The molecule has 0 aliphatic carbocycles. The molecule has 2 atom stereocenters. The van der Waals surface area contributed by atoms with E-state index >= 15 is 0 Å². The monoisotopic (exact) mass is 252 g/mol. The van der Waals surface area contributed by atoms with E-state index in [0.717, 1.165) is 30.8 Å². The molecule has 0 fully saturated rings. The molecule has 0 heterocycles. The van der Waals surface area contributed by atoms with Gasteiger partial charge in [-0.2, -0.15) is 0 Å². The van der Waals surface area contributed by atoms with Gasteiger partial charge in [-0.15, -0.1) is 0 Å². The molecular formula is C15H25FN2. The lowest BCUT2D eigenvalue weighted by Gasteiger charge is -2.29. The minimum atomic E-state index is -0.217. The zero-order valence-corrected chi connectivity index (χ0v) is 11.9. The number of benzene rings is 1. The summed E-state index contributed by atoms with van der Waals surface area (Å²) in [5, 5.41) is 0. The first-order valence-electron chi connectivity index (χ1n) is 6.79. The molecule has 1 aromatic rings. The quantitative estimate of drug-likeness (QED) is 0.836. The zero-order chi connectivity index (χ0) is 13.7. The maximum absolute atomic E-state index is 13.3. The van der Waals surface area contributed by atoms with Gasteiger partial charge in [0.05, 0.1) is 0 Å². The second kappa shape index (κ2) is 6.74. The van der Waals surface area contributed by atoms with Gasteiger partial charge in [0.2, 0.25) is 0 Å². The lowest BCUT2D eigenvalue weighted by Crippen LogP contribution is -2.29. The van der Waals surface area contributed by atoms with Gasteiger partial charge in [-0.05, 0) is 43.5 Å². The molecule has 3 heteroatoms. The molecule has 0 saturated carbocycles. The Morgan fingerprint density at radius 2 is 1.94 bits per heavy atom. The van der Waals surface area contributed by atoms with E-state index < -0.39 is 0 Å². The highest BCUT2D eigenvalue weighted by atomic mass is 19.1. The molecule has 1 aromatic carbocycles. The summed E-state index contributed by atoms with van der Waals surface area (Å²) in [6, 6.07) is 4.77. The number of nitrogens with two attached hydrogens (primary N) is 1. The number of halogens is 1. The number of hydrogen-bond acceptors (Lipinski definition) is 2. The van der Waals surface area contributed by atoms with Crippen molar-refractivity contribution < 1.29 is 4.39 Å². The van der Waals surface area contributed by atoms with E-state index in [-0.39, 0.29) is 11.9 Å². The van der Waals surface area contributed by atoms with Crippen LogP contribution >= 0.6 is 0 Å². The van der Waals surface area contributed by atoms with Gasteiger partial charge >= 0.3 is 0 Å². The van der Waals surface area contributed by atoms with Gasteiger partial charge in [0, 0.05) is 24.8 Å². The van der Waals surface area contributed by atoms with Crippen LogP contribution in [0, 0.1) is 11.7 Å². The molecule has 102 valence electrons. The average Bonchev–Trinajstić information content (AvgIpc) is 2.35. The Morgan fingerprint density at radius 1 is 1.28 bits per heavy atom. The van der Waals surface area contributed by atoms with Gasteiger partial charge in [0.1, 0.15) is 5.82 Å². The van der Waals surface area contributed by atoms with Crippen molar-refractivity contribution in [1.29, 1.82) is 0 Å². The largest absolute Gasteiger partial charge is 0.371 e. The van der Waals surface area contributed by atoms with Crippen molar-refractivity contribution in [3.8, 4) is 0 Å². The fourth-order valence-corrected chi connectivity index (χ4v) is 2.08. The Kier molecular flexibility index (Phi) is 5.60. The summed E-state index contributed by atoms with van der Waals surface area (Å²) in [5.41, 5.74) is 7.90. The first kappa shape index (κ1) is 15.0. The van der Waals surface area contributed by atoms with Crippen LogP contribution in [0.1, 0.15) is 45.7 Å². The molecule has 0 aromatic heterocycles. The lowest BCUT2D eigenvalue weighted by molar-refractivity contribution is 0.545. The van der Waals surface area contributed by atoms with Crippen LogP contribution in [0.15, 0.2) is 18.2 Å². The van der Waals surface area contributed by atoms with Crippen LogP contribution in [0.25, 0.3) is 0 Å². The minimum absolute atomic E-state index is 0.151. The second-order valence-corrected chi connectivity index (χ2v) is 5.04. The van der Waals surface area contributed by atoms with Gasteiger partial charge in [-0.25, -0.2) is 4.39 Å². The SMILES string of the molecule is CCC(C)CN(CC)c1ccc(F)cc1C(C)N. The Hall–Kier alpha value is -1.09. The molecule has 0 amide bonds. The standard InChI is InChI=1S/C15H25FN2/c1-5-11(3)10-18(6-2)15-8-7-13(16)9-14(15)12(4)17/h7-9,11-12H,5-6,10,17H2,1-4H3. The number of anilines is 1. The molecule has 2 N–H and O–H groups in total. The first-order valence-corrected chi connectivity index (χ1v) is 6.79. The third-order valence-corrected chi connectivity index (χ3v) is 3.43. The fourth-order valence-electron chi connectivity index (χ4n) is 2.08. The van der Waals surface area contributed by atoms with Crippen molar-refractivity contribution in [3.63, 3.8) is 0 Å². The van der Waals surface area contributed by atoms with Crippen molar-refractivity contribution in [1.82, 2.24) is 0 Å². The predicted molar refractivity (Wildman–Crippen MR) is 76.3 cm³/mol. The summed E-state index contributed by atoms with van der Waals surface area (Å²) in [5.74, 6) is 0.404. The number of hydrogen-bond donors (Lipinski definition) is 1. The highest BCUT2D eigenvalue weighted by Crippen LogP contribution is 2.27. The molecular weight excluding hydrogens is 227 g/mol. The summed E-state index contributed by atoms with van der Waals surface area (Å²) in [4.78, 5) is 2.28. The van der Waals surface area contributed by atoms with Crippen LogP contribution in [0.3, 0.4) is 0 Å². The molecule has 0 bridgehead atoms. The van der Waals surface area contributed by atoms with Gasteiger partial charge in [0.25, 0.3) is 0 Å². The smallest absolute Gasteiger partial charge is 0.123 e. The third kappa shape index (κ3) is 3.70. The highest BCUT2D eigenvalue weighted by molar-refractivity contribution is 5.55. The van der Waals surface area contributed by atoms with Crippen molar-refractivity contribution in [2.75, 3.05) is 18.0 Å². The average molecular weight is 252 g/mol. The summed E-state index contributed by atoms with van der Waals surface area (Å²) in [6.45, 7) is 10.3. The third-order valence-electron chi connectivity index (χ3n) is 3.43. The molecule has 0 aliphatic heterocycles. The molecule has 0 saturated heterocycles. The molecule has 18 heavy (non-hydrogen) atoms. The van der Waals surface area contributed by atoms with Crippen molar-refractivity contribution >= 4 is 5.69 Å². The van der Waals surface area contributed by atoms with Gasteiger partial charge < -0.3 is 10.6 Å². The maximum atomic E-state index is 13.3. The summed E-state index contributed by atoms with van der Waals surface area (Å²) in [6.07, 6.45) is 1.14. The van der Waals surface area contributed by atoms with E-state index in [1.54, 1.807) is 6.07 Å². The van der Waals surface area contributed by atoms with Crippen LogP contribution in [0.4, 0.5) is 10.1 Å². The van der Waals surface area contributed by atoms with E-state index in [1.807, 2.05) is 13.0 Å². The van der Waals surface area contributed by atoms with Crippen molar-refractivity contribution in [2.45, 2.75) is 40.2 Å². The Bertz CT molecular complexity index is 377. The van der Waals surface area contributed by atoms with E-state index in [0.29, 0.717) is 5.92 Å². The molecule has 2 nitrogen and oxygen atoms in total. The summed E-state index contributed by atoms with van der Waals surface area (Å²) >= 11 is 0.